The molecule has 0 bridgehead atoms. The van der Waals surface area contributed by atoms with Gasteiger partial charge in [0, 0.05) is 13.2 Å². The van der Waals surface area contributed by atoms with Gasteiger partial charge in [-0.25, -0.2) is 0 Å². The highest BCUT2D eigenvalue weighted by molar-refractivity contribution is 6.64. The van der Waals surface area contributed by atoms with Crippen molar-refractivity contribution in [2.75, 3.05) is 13.2 Å². The first-order chi connectivity index (χ1) is 15.6. The van der Waals surface area contributed by atoms with E-state index >= 15 is 0 Å². The fraction of sp³-hybridized carbons (Fsp3) is 1.00. The highest BCUT2D eigenvalue weighted by Gasteiger charge is 2.23. The number of hydrogen-bond donors (Lipinski definition) is 0. The molecule has 0 aliphatic carbocycles. The molecule has 0 heterocycles. The summed E-state index contributed by atoms with van der Waals surface area (Å²) in [5, 5.41) is 0. The van der Waals surface area contributed by atoms with E-state index in [4.69, 9.17) is 8.85 Å². The smallest absolute Gasteiger partial charge is 0.331 e. The van der Waals surface area contributed by atoms with Crippen LogP contribution in [0, 0.1) is 0 Å². The third-order valence-electron chi connectivity index (χ3n) is 6.65. The molecule has 194 valence electrons. The second-order valence-electron chi connectivity index (χ2n) is 10.5. The van der Waals surface area contributed by atoms with Gasteiger partial charge in [-0.1, -0.05) is 149 Å². The van der Waals surface area contributed by atoms with Gasteiger partial charge in [-0.3, -0.25) is 0 Å². The van der Waals surface area contributed by atoms with E-state index in [2.05, 4.69) is 26.9 Å². The average Bonchev–Trinajstić information content (AvgIpc) is 2.77. The SMILES string of the molecule is CCCCCCCCCCCCCCCCCO[Si](C)(C)OCCCCCCCCCC. The molecule has 0 spiro atoms. The van der Waals surface area contributed by atoms with Crippen molar-refractivity contribution in [1.29, 1.82) is 0 Å². The summed E-state index contributed by atoms with van der Waals surface area (Å²) in [5.41, 5.74) is 0. The maximum Gasteiger partial charge on any atom is 0.331 e. The molecule has 32 heavy (non-hydrogen) atoms. The molecule has 0 aliphatic heterocycles. The lowest BCUT2D eigenvalue weighted by Crippen LogP contribution is -2.35. The van der Waals surface area contributed by atoms with E-state index in [-0.39, 0.29) is 0 Å². The second-order valence-corrected chi connectivity index (χ2v) is 13.9. The van der Waals surface area contributed by atoms with Crippen molar-refractivity contribution >= 4 is 8.56 Å². The average molecular weight is 471 g/mol. The zero-order valence-electron chi connectivity index (χ0n) is 23.0. The molecule has 0 aliphatic rings. The van der Waals surface area contributed by atoms with E-state index in [1.54, 1.807) is 0 Å². The summed E-state index contributed by atoms with van der Waals surface area (Å²) in [6.45, 7) is 10.8. The van der Waals surface area contributed by atoms with Gasteiger partial charge in [0.05, 0.1) is 0 Å². The van der Waals surface area contributed by atoms with Crippen LogP contribution in [0.1, 0.15) is 162 Å². The maximum atomic E-state index is 6.13. The Morgan fingerprint density at radius 1 is 0.344 bits per heavy atom. The van der Waals surface area contributed by atoms with Crippen molar-refractivity contribution in [1.82, 2.24) is 0 Å². The third kappa shape index (κ3) is 26.4. The molecule has 0 unspecified atom stereocenters. The lowest BCUT2D eigenvalue weighted by molar-refractivity contribution is 0.172. The quantitative estimate of drug-likeness (QED) is 0.0877. The van der Waals surface area contributed by atoms with E-state index in [0.717, 1.165) is 13.2 Å². The topological polar surface area (TPSA) is 18.5 Å². The van der Waals surface area contributed by atoms with Crippen LogP contribution in [-0.4, -0.2) is 21.8 Å². The standard InChI is InChI=1S/C29H62O2Si/c1-5-7-9-11-13-15-16-17-18-19-20-21-23-25-27-29-31-32(3,4)30-28-26-24-22-14-12-10-8-6-2/h5-29H2,1-4H3. The van der Waals surface area contributed by atoms with Crippen LogP contribution < -0.4 is 0 Å². The molecule has 0 N–H and O–H groups in total. The van der Waals surface area contributed by atoms with Crippen molar-refractivity contribution in [3.63, 3.8) is 0 Å². The normalized spacial score (nSPS) is 12.0. The molecule has 0 aromatic heterocycles. The fourth-order valence-corrected chi connectivity index (χ4v) is 5.74. The van der Waals surface area contributed by atoms with Crippen LogP contribution in [0.5, 0.6) is 0 Å². The summed E-state index contributed by atoms with van der Waals surface area (Å²) in [6, 6.07) is 0. The van der Waals surface area contributed by atoms with Crippen LogP contribution in [0.25, 0.3) is 0 Å². The summed E-state index contributed by atoms with van der Waals surface area (Å²) in [4.78, 5) is 0. The second kappa shape index (κ2) is 25.8. The van der Waals surface area contributed by atoms with Crippen LogP contribution in [0.2, 0.25) is 13.1 Å². The van der Waals surface area contributed by atoms with Gasteiger partial charge in [-0.2, -0.15) is 0 Å². The first kappa shape index (κ1) is 32.1. The highest BCUT2D eigenvalue weighted by Crippen LogP contribution is 2.15. The van der Waals surface area contributed by atoms with Crippen molar-refractivity contribution in [2.24, 2.45) is 0 Å². The molecule has 0 fully saturated rings. The van der Waals surface area contributed by atoms with E-state index in [1.807, 2.05) is 0 Å². The molecule has 0 aromatic carbocycles. The van der Waals surface area contributed by atoms with Crippen LogP contribution >= 0.6 is 0 Å². The molecule has 2 nitrogen and oxygen atoms in total. The first-order valence-electron chi connectivity index (χ1n) is 14.9. The van der Waals surface area contributed by atoms with Gasteiger partial charge < -0.3 is 8.85 Å². The Bertz CT molecular complexity index is 346. The first-order valence-corrected chi connectivity index (χ1v) is 17.7. The molecule has 0 rings (SSSR count). The Kier molecular flexibility index (Phi) is 25.9. The van der Waals surface area contributed by atoms with E-state index in [0.29, 0.717) is 0 Å². The van der Waals surface area contributed by atoms with Gasteiger partial charge in [0.1, 0.15) is 0 Å². The minimum absolute atomic E-state index is 0.896. The third-order valence-corrected chi connectivity index (χ3v) is 8.44. The number of rotatable bonds is 27. The molecular formula is C29H62O2Si. The molecule has 0 radical (unpaired) electrons. The number of unbranched alkanes of at least 4 members (excludes halogenated alkanes) is 21. The molecule has 0 saturated heterocycles. The van der Waals surface area contributed by atoms with Gasteiger partial charge in [0.2, 0.25) is 0 Å². The summed E-state index contributed by atoms with van der Waals surface area (Å²) < 4.78 is 12.2. The molecule has 3 heteroatoms. The van der Waals surface area contributed by atoms with Gasteiger partial charge >= 0.3 is 8.56 Å². The monoisotopic (exact) mass is 470 g/mol. The maximum absolute atomic E-state index is 6.13. The van der Waals surface area contributed by atoms with Crippen LogP contribution in [0.3, 0.4) is 0 Å². The highest BCUT2D eigenvalue weighted by atomic mass is 28.4. The summed E-state index contributed by atoms with van der Waals surface area (Å²) in [7, 11) is -1.90. The van der Waals surface area contributed by atoms with E-state index < -0.39 is 8.56 Å². The predicted molar refractivity (Wildman–Crippen MR) is 147 cm³/mol. The minimum atomic E-state index is -1.90. The van der Waals surface area contributed by atoms with E-state index in [1.165, 1.54) is 148 Å². The lowest BCUT2D eigenvalue weighted by Gasteiger charge is -2.23. The lowest BCUT2D eigenvalue weighted by atomic mass is 10.0. The predicted octanol–water partition coefficient (Wildman–Crippen LogP) is 10.7. The van der Waals surface area contributed by atoms with Crippen molar-refractivity contribution < 1.29 is 8.85 Å². The van der Waals surface area contributed by atoms with Crippen molar-refractivity contribution in [3.8, 4) is 0 Å². The van der Waals surface area contributed by atoms with Crippen LogP contribution in [0.4, 0.5) is 0 Å². The van der Waals surface area contributed by atoms with Gasteiger partial charge in [-0.05, 0) is 25.9 Å². The number of hydrogen-bond acceptors (Lipinski definition) is 2. The van der Waals surface area contributed by atoms with Crippen LogP contribution in [0.15, 0.2) is 0 Å². The molecule has 0 aromatic rings. The molecular weight excluding hydrogens is 408 g/mol. The Balaban J connectivity index is 3.26. The van der Waals surface area contributed by atoms with Gasteiger partial charge in [-0.15, -0.1) is 0 Å². The van der Waals surface area contributed by atoms with Crippen molar-refractivity contribution in [3.05, 3.63) is 0 Å². The fourth-order valence-electron chi connectivity index (χ4n) is 4.39. The minimum Gasteiger partial charge on any atom is -0.395 e. The molecule has 0 atom stereocenters. The van der Waals surface area contributed by atoms with Crippen molar-refractivity contribution in [2.45, 2.75) is 175 Å². The zero-order chi connectivity index (χ0) is 23.6. The zero-order valence-corrected chi connectivity index (χ0v) is 24.0. The summed E-state index contributed by atoms with van der Waals surface area (Å²) >= 11 is 0. The Labute approximate surface area is 205 Å². The molecule has 0 amide bonds. The largest absolute Gasteiger partial charge is 0.395 e. The molecule has 0 saturated carbocycles. The Morgan fingerprint density at radius 2 is 0.562 bits per heavy atom. The van der Waals surface area contributed by atoms with Crippen LogP contribution in [-0.2, 0) is 8.85 Å². The van der Waals surface area contributed by atoms with Gasteiger partial charge in [0.25, 0.3) is 0 Å². The van der Waals surface area contributed by atoms with Gasteiger partial charge in [0.15, 0.2) is 0 Å². The Morgan fingerprint density at radius 3 is 0.812 bits per heavy atom. The van der Waals surface area contributed by atoms with E-state index in [9.17, 15) is 0 Å². The Hall–Kier alpha value is 0.137. The summed E-state index contributed by atoms with van der Waals surface area (Å²) in [5.74, 6) is 0. The summed E-state index contributed by atoms with van der Waals surface area (Å²) in [6.07, 6.45) is 32.0.